The summed E-state index contributed by atoms with van der Waals surface area (Å²) in [4.78, 5) is 0.968. The fourth-order valence-electron chi connectivity index (χ4n) is 1.80. The molecule has 0 bridgehead atoms. The highest BCUT2D eigenvalue weighted by atomic mass is 79.9. The maximum absolute atomic E-state index is 13.9. The van der Waals surface area contributed by atoms with Gasteiger partial charge in [-0.05, 0) is 34.5 Å². The molecule has 0 aliphatic rings. The number of hydrogen-bond donors (Lipinski definition) is 0. The van der Waals surface area contributed by atoms with E-state index >= 15 is 0 Å². The summed E-state index contributed by atoms with van der Waals surface area (Å²) in [6.07, 6.45) is -5.36. The van der Waals surface area contributed by atoms with E-state index in [4.69, 9.17) is 4.74 Å². The monoisotopic (exact) mass is 448 g/mol. The van der Waals surface area contributed by atoms with Gasteiger partial charge in [0, 0.05) is 26.5 Å². The van der Waals surface area contributed by atoms with Crippen molar-refractivity contribution in [1.29, 1.82) is 0 Å². The van der Waals surface area contributed by atoms with E-state index in [0.717, 1.165) is 14.7 Å². The number of thiophene rings is 1. The zero-order valence-corrected chi connectivity index (χ0v) is 14.6. The Balaban J connectivity index is 2.20. The molecule has 1 heterocycles. The van der Waals surface area contributed by atoms with Crippen LogP contribution in [-0.2, 0) is 5.33 Å². The van der Waals surface area contributed by atoms with Crippen LogP contribution in [0.5, 0.6) is 5.75 Å². The molecule has 0 saturated carbocycles. The third-order valence-corrected chi connectivity index (χ3v) is 6.05. The zero-order chi connectivity index (χ0) is 15.6. The third-order valence-electron chi connectivity index (χ3n) is 2.74. The van der Waals surface area contributed by atoms with E-state index in [2.05, 4.69) is 31.9 Å². The Bertz CT molecular complexity index is 639. The molecule has 0 radical (unpaired) electrons. The van der Waals surface area contributed by atoms with Gasteiger partial charge in [0.2, 0.25) is 0 Å². The Hall–Kier alpha value is -0.340. The van der Waals surface area contributed by atoms with Crippen molar-refractivity contribution in [3.63, 3.8) is 0 Å². The van der Waals surface area contributed by atoms with Crippen LogP contribution in [-0.4, -0.2) is 12.8 Å². The fourth-order valence-corrected chi connectivity index (χ4v) is 4.67. The predicted octanol–water partition coefficient (Wildman–Crippen LogP) is 6.42. The van der Waals surface area contributed by atoms with Gasteiger partial charge >= 0.3 is 6.18 Å². The first-order chi connectivity index (χ1) is 9.83. The van der Waals surface area contributed by atoms with Gasteiger partial charge in [-0.15, -0.1) is 11.3 Å². The number of benzene rings is 1. The molecular weight excluding hydrogens is 440 g/mol. The molecule has 0 aliphatic carbocycles. The molecule has 1 aromatic carbocycles. The first kappa shape index (κ1) is 17.0. The SMILES string of the molecule is Fc1ccc2c(Br)c(CBr)sc2c1OCCCC(F)(F)F. The van der Waals surface area contributed by atoms with Crippen molar-refractivity contribution in [1.82, 2.24) is 0 Å². The molecule has 0 atom stereocenters. The summed E-state index contributed by atoms with van der Waals surface area (Å²) in [7, 11) is 0. The molecule has 0 N–H and O–H groups in total. The molecule has 2 aromatic rings. The van der Waals surface area contributed by atoms with Gasteiger partial charge in [0.1, 0.15) is 0 Å². The Morgan fingerprint density at radius 3 is 2.57 bits per heavy atom. The minimum atomic E-state index is -4.22. The first-order valence-corrected chi connectivity index (χ1v) is 8.71. The van der Waals surface area contributed by atoms with Crippen LogP contribution >= 0.6 is 43.2 Å². The van der Waals surface area contributed by atoms with Crippen molar-refractivity contribution < 1.29 is 22.3 Å². The molecule has 1 aromatic heterocycles. The first-order valence-electron chi connectivity index (χ1n) is 5.98. The second-order valence-corrected chi connectivity index (χ2v) is 6.75. The molecule has 8 heteroatoms. The molecular formula is C13H10Br2F4OS. The second kappa shape index (κ2) is 6.83. The van der Waals surface area contributed by atoms with Crippen LogP contribution in [0.15, 0.2) is 16.6 Å². The predicted molar refractivity (Wildman–Crippen MR) is 82.9 cm³/mol. The topological polar surface area (TPSA) is 9.23 Å². The van der Waals surface area contributed by atoms with Crippen molar-refractivity contribution in [3.05, 3.63) is 27.3 Å². The van der Waals surface area contributed by atoms with E-state index in [1.165, 1.54) is 17.4 Å². The number of rotatable bonds is 5. The van der Waals surface area contributed by atoms with Crippen LogP contribution in [0.1, 0.15) is 17.7 Å². The Morgan fingerprint density at radius 2 is 1.95 bits per heavy atom. The van der Waals surface area contributed by atoms with Crippen molar-refractivity contribution in [2.24, 2.45) is 0 Å². The molecule has 0 saturated heterocycles. The fraction of sp³-hybridized carbons (Fsp3) is 0.385. The van der Waals surface area contributed by atoms with Crippen molar-refractivity contribution in [2.75, 3.05) is 6.61 Å². The molecule has 0 spiro atoms. The molecule has 21 heavy (non-hydrogen) atoms. The second-order valence-electron chi connectivity index (χ2n) is 4.29. The lowest BCUT2D eigenvalue weighted by molar-refractivity contribution is -0.136. The maximum Gasteiger partial charge on any atom is 0.389 e. The van der Waals surface area contributed by atoms with Crippen molar-refractivity contribution in [2.45, 2.75) is 24.3 Å². The Kier molecular flexibility index (Phi) is 5.54. The molecule has 0 unspecified atom stereocenters. The zero-order valence-electron chi connectivity index (χ0n) is 10.6. The number of halogens is 6. The summed E-state index contributed by atoms with van der Waals surface area (Å²) in [5.41, 5.74) is 0. The van der Waals surface area contributed by atoms with E-state index in [9.17, 15) is 17.6 Å². The lowest BCUT2D eigenvalue weighted by atomic mass is 10.2. The van der Waals surface area contributed by atoms with Crippen LogP contribution in [0, 0.1) is 5.82 Å². The quantitative estimate of drug-likeness (QED) is 0.290. The summed E-state index contributed by atoms with van der Waals surface area (Å²) in [6, 6.07) is 2.89. The van der Waals surface area contributed by atoms with E-state index in [1.54, 1.807) is 6.07 Å². The average Bonchev–Trinajstić information content (AvgIpc) is 2.72. The molecule has 0 amide bonds. The van der Waals surface area contributed by atoms with Gasteiger partial charge in [0.05, 0.1) is 11.3 Å². The van der Waals surface area contributed by atoms with Gasteiger partial charge in [-0.1, -0.05) is 15.9 Å². The minimum absolute atomic E-state index is 0.0209. The highest BCUT2D eigenvalue weighted by molar-refractivity contribution is 9.11. The average molecular weight is 450 g/mol. The Morgan fingerprint density at radius 1 is 1.24 bits per heavy atom. The standard InChI is InChI=1S/C13H10Br2F4OS/c14-6-9-10(15)7-2-3-8(16)11(12(7)21-9)20-5-1-4-13(17,18)19/h2-3H,1,4-6H2. The molecule has 1 nitrogen and oxygen atoms in total. The summed E-state index contributed by atoms with van der Waals surface area (Å²) in [5.74, 6) is -0.544. The van der Waals surface area contributed by atoms with E-state index < -0.39 is 18.4 Å². The van der Waals surface area contributed by atoms with E-state index in [1.807, 2.05) is 0 Å². The maximum atomic E-state index is 13.9. The van der Waals surface area contributed by atoms with Gasteiger partial charge in [-0.25, -0.2) is 4.39 Å². The van der Waals surface area contributed by atoms with Crippen molar-refractivity contribution >= 4 is 53.3 Å². The van der Waals surface area contributed by atoms with Crippen LogP contribution in [0.2, 0.25) is 0 Å². The van der Waals surface area contributed by atoms with Crippen LogP contribution in [0.4, 0.5) is 17.6 Å². The highest BCUT2D eigenvalue weighted by Gasteiger charge is 2.26. The lowest BCUT2D eigenvalue weighted by Crippen LogP contribution is -2.10. The summed E-state index contributed by atoms with van der Waals surface area (Å²) < 4.78 is 56.8. The summed E-state index contributed by atoms with van der Waals surface area (Å²) >= 11 is 8.12. The number of ether oxygens (including phenoxy) is 1. The van der Waals surface area contributed by atoms with Crippen LogP contribution in [0.25, 0.3) is 10.1 Å². The Labute approximate surface area is 139 Å². The molecule has 0 aliphatic heterocycles. The van der Waals surface area contributed by atoms with Gasteiger partial charge in [-0.3, -0.25) is 0 Å². The summed E-state index contributed by atoms with van der Waals surface area (Å²) in [5, 5.41) is 1.39. The van der Waals surface area contributed by atoms with E-state index in [0.29, 0.717) is 10.0 Å². The largest absolute Gasteiger partial charge is 0.489 e. The van der Waals surface area contributed by atoms with Gasteiger partial charge in [0.25, 0.3) is 0 Å². The molecule has 2 rings (SSSR count). The van der Waals surface area contributed by atoms with Crippen LogP contribution < -0.4 is 4.74 Å². The number of fused-ring (bicyclic) bond motifs is 1. The smallest absolute Gasteiger partial charge is 0.389 e. The molecule has 0 fully saturated rings. The van der Waals surface area contributed by atoms with Crippen molar-refractivity contribution in [3.8, 4) is 5.75 Å². The highest BCUT2D eigenvalue weighted by Crippen LogP contribution is 2.42. The van der Waals surface area contributed by atoms with E-state index in [-0.39, 0.29) is 18.8 Å². The van der Waals surface area contributed by atoms with Gasteiger partial charge in [-0.2, -0.15) is 13.2 Å². The van der Waals surface area contributed by atoms with Crippen LogP contribution in [0.3, 0.4) is 0 Å². The number of alkyl halides is 4. The van der Waals surface area contributed by atoms with Gasteiger partial charge < -0.3 is 4.74 Å². The lowest BCUT2D eigenvalue weighted by Gasteiger charge is -2.09. The third kappa shape index (κ3) is 4.10. The number of hydrogen-bond acceptors (Lipinski definition) is 2. The summed E-state index contributed by atoms with van der Waals surface area (Å²) in [6.45, 7) is -0.172. The molecule has 116 valence electrons. The minimum Gasteiger partial charge on any atom is -0.489 e. The van der Waals surface area contributed by atoms with Gasteiger partial charge in [0.15, 0.2) is 11.6 Å². The normalized spacial score (nSPS) is 12.1.